The van der Waals surface area contributed by atoms with Crippen molar-refractivity contribution in [1.29, 1.82) is 0 Å². The van der Waals surface area contributed by atoms with E-state index in [1.807, 2.05) is 12.1 Å². The lowest BCUT2D eigenvalue weighted by molar-refractivity contribution is -0.918. The summed E-state index contributed by atoms with van der Waals surface area (Å²) in [6, 6.07) is 6.76. The first-order valence-electron chi connectivity index (χ1n) is 7.21. The highest BCUT2D eigenvalue weighted by Crippen LogP contribution is 2.46. The molecule has 1 unspecified atom stereocenters. The molecule has 2 N–H and O–H groups in total. The summed E-state index contributed by atoms with van der Waals surface area (Å²) < 4.78 is 0. The van der Waals surface area contributed by atoms with Crippen molar-refractivity contribution in [3.05, 3.63) is 29.3 Å². The fraction of sp³-hybridized carbons (Fsp3) is 0.625. The maximum Gasteiger partial charge on any atom is 0.115 e. The Labute approximate surface area is 110 Å². The Bertz CT molecular complexity index is 470. The van der Waals surface area contributed by atoms with Gasteiger partial charge < -0.3 is 10.0 Å². The Hall–Kier alpha value is -1.02. The van der Waals surface area contributed by atoms with Crippen LogP contribution in [0.4, 0.5) is 0 Å². The van der Waals surface area contributed by atoms with Gasteiger partial charge in [0.2, 0.25) is 0 Å². The zero-order chi connectivity index (χ0) is 12.9. The van der Waals surface area contributed by atoms with Gasteiger partial charge >= 0.3 is 0 Å². The van der Waals surface area contributed by atoms with Crippen LogP contribution >= 0.6 is 0 Å². The number of hydrogen-bond donors (Lipinski definition) is 2. The number of piperidine rings is 1. The average Bonchev–Trinajstić information content (AvgIpc) is 2.35. The highest BCUT2D eigenvalue weighted by atomic mass is 16.3. The van der Waals surface area contributed by atoms with Gasteiger partial charge in [0.25, 0.3) is 0 Å². The highest BCUT2D eigenvalue weighted by molar-refractivity contribution is 5.43. The van der Waals surface area contributed by atoms with E-state index in [1.54, 1.807) is 4.90 Å². The molecule has 0 spiro atoms. The zero-order valence-corrected chi connectivity index (χ0v) is 11.7. The van der Waals surface area contributed by atoms with Gasteiger partial charge in [0.05, 0.1) is 19.6 Å². The molecule has 4 atom stereocenters. The van der Waals surface area contributed by atoms with Crippen LogP contribution in [-0.4, -0.2) is 24.7 Å². The number of phenolic OH excluding ortho intramolecular Hbond substituents is 1. The summed E-state index contributed by atoms with van der Waals surface area (Å²) in [6.07, 6.45) is 3.66. The maximum absolute atomic E-state index is 9.81. The smallest absolute Gasteiger partial charge is 0.115 e. The molecule has 2 nitrogen and oxygen atoms in total. The molecule has 1 aliphatic heterocycles. The van der Waals surface area contributed by atoms with Crippen molar-refractivity contribution >= 4 is 0 Å². The van der Waals surface area contributed by atoms with Crippen LogP contribution in [0.25, 0.3) is 0 Å². The van der Waals surface area contributed by atoms with Gasteiger partial charge in [0, 0.05) is 24.2 Å². The number of aromatic hydroxyl groups is 1. The van der Waals surface area contributed by atoms with E-state index in [9.17, 15) is 5.11 Å². The summed E-state index contributed by atoms with van der Waals surface area (Å²) in [7, 11) is 2.35. The van der Waals surface area contributed by atoms with Crippen LogP contribution in [-0.2, 0) is 11.8 Å². The van der Waals surface area contributed by atoms with E-state index in [-0.39, 0.29) is 5.41 Å². The lowest BCUT2D eigenvalue weighted by Gasteiger charge is -2.52. The van der Waals surface area contributed by atoms with E-state index in [0.717, 1.165) is 12.0 Å². The number of quaternary nitrogens is 1. The number of rotatable bonds is 1. The van der Waals surface area contributed by atoms with Gasteiger partial charge in [0.1, 0.15) is 5.75 Å². The predicted octanol–water partition coefficient (Wildman–Crippen LogP) is 1.52. The fourth-order valence-electron chi connectivity index (χ4n) is 4.51. The summed E-state index contributed by atoms with van der Waals surface area (Å²) in [5.41, 5.74) is 3.15. The van der Waals surface area contributed by atoms with Crippen LogP contribution in [0, 0.1) is 5.92 Å². The minimum atomic E-state index is 0.269. The quantitative estimate of drug-likeness (QED) is 0.771. The van der Waals surface area contributed by atoms with Crippen molar-refractivity contribution in [2.24, 2.45) is 5.92 Å². The number of phenols is 1. The molecule has 2 aliphatic rings. The van der Waals surface area contributed by atoms with Gasteiger partial charge in [-0.05, 0) is 29.7 Å². The Kier molecular flexibility index (Phi) is 2.67. The van der Waals surface area contributed by atoms with Crippen LogP contribution in [0.2, 0.25) is 0 Å². The Morgan fingerprint density at radius 1 is 1.44 bits per heavy atom. The number of nitrogens with one attached hydrogen (secondary N) is 1. The first kappa shape index (κ1) is 12.0. The van der Waals surface area contributed by atoms with Gasteiger partial charge in [-0.25, -0.2) is 0 Å². The Morgan fingerprint density at radius 3 is 2.94 bits per heavy atom. The molecule has 1 aliphatic carbocycles. The second-order valence-corrected chi connectivity index (χ2v) is 6.43. The summed E-state index contributed by atoms with van der Waals surface area (Å²) in [5.74, 6) is 1.18. The largest absolute Gasteiger partial charge is 0.508 e. The maximum atomic E-state index is 9.81. The van der Waals surface area contributed by atoms with Crippen molar-refractivity contribution in [2.75, 3.05) is 13.6 Å². The minimum absolute atomic E-state index is 0.269. The molecule has 0 radical (unpaired) electrons. The monoisotopic (exact) mass is 246 g/mol. The van der Waals surface area contributed by atoms with Gasteiger partial charge in [-0.2, -0.15) is 0 Å². The molecule has 2 bridgehead atoms. The molecule has 98 valence electrons. The molecular weight excluding hydrogens is 222 g/mol. The second-order valence-electron chi connectivity index (χ2n) is 6.43. The van der Waals surface area contributed by atoms with Crippen molar-refractivity contribution in [3.63, 3.8) is 0 Å². The van der Waals surface area contributed by atoms with E-state index in [2.05, 4.69) is 27.0 Å². The van der Waals surface area contributed by atoms with E-state index < -0.39 is 0 Å². The first-order valence-corrected chi connectivity index (χ1v) is 7.21. The van der Waals surface area contributed by atoms with Gasteiger partial charge in [0.15, 0.2) is 0 Å². The third-order valence-corrected chi connectivity index (χ3v) is 5.56. The van der Waals surface area contributed by atoms with E-state index in [0.29, 0.717) is 5.75 Å². The standard InChI is InChI=1S/C16H23NO/c1-4-13-15-9-11-5-6-12(18)10-14(11)16(13,2)7-8-17(15)3/h5-6,10,13,15,18H,4,7-9H2,1-3H3/p+1/t13-,15-,16-/m0/s1. The molecule has 1 aromatic carbocycles. The van der Waals surface area contributed by atoms with Crippen molar-refractivity contribution in [1.82, 2.24) is 0 Å². The van der Waals surface area contributed by atoms with Crippen LogP contribution < -0.4 is 4.90 Å². The van der Waals surface area contributed by atoms with Crippen LogP contribution in [0.3, 0.4) is 0 Å². The van der Waals surface area contributed by atoms with Crippen LogP contribution in [0.1, 0.15) is 37.8 Å². The molecule has 3 rings (SSSR count). The first-order chi connectivity index (χ1) is 8.56. The molecule has 0 aromatic heterocycles. The number of likely N-dealkylation sites (N-methyl/N-ethyl adjacent to an activating group) is 1. The van der Waals surface area contributed by atoms with E-state index >= 15 is 0 Å². The van der Waals surface area contributed by atoms with Gasteiger partial charge in [-0.15, -0.1) is 0 Å². The van der Waals surface area contributed by atoms with Crippen LogP contribution in [0.5, 0.6) is 5.75 Å². The molecule has 1 heterocycles. The lowest BCUT2D eigenvalue weighted by atomic mass is 9.57. The number of likely N-dealkylation sites (tertiary alicyclic amines) is 1. The number of hydrogen-bond acceptors (Lipinski definition) is 1. The van der Waals surface area contributed by atoms with Crippen molar-refractivity contribution in [3.8, 4) is 5.75 Å². The highest BCUT2D eigenvalue weighted by Gasteiger charge is 2.51. The summed E-state index contributed by atoms with van der Waals surface area (Å²) in [5, 5.41) is 9.81. The predicted molar refractivity (Wildman–Crippen MR) is 73.1 cm³/mol. The second kappa shape index (κ2) is 3.99. The van der Waals surface area contributed by atoms with Crippen molar-refractivity contribution < 1.29 is 10.0 Å². The molecule has 0 saturated carbocycles. The summed E-state index contributed by atoms with van der Waals surface area (Å²) >= 11 is 0. The topological polar surface area (TPSA) is 24.7 Å². The fourth-order valence-corrected chi connectivity index (χ4v) is 4.51. The Balaban J connectivity index is 2.15. The molecule has 2 heteroatoms. The number of fused-ring (bicyclic) bond motifs is 4. The molecule has 18 heavy (non-hydrogen) atoms. The minimum Gasteiger partial charge on any atom is -0.508 e. The summed E-state index contributed by atoms with van der Waals surface area (Å²) in [4.78, 5) is 1.69. The Morgan fingerprint density at radius 2 is 2.22 bits per heavy atom. The molecule has 1 saturated heterocycles. The number of benzene rings is 1. The van der Waals surface area contributed by atoms with E-state index in [4.69, 9.17) is 0 Å². The van der Waals surface area contributed by atoms with Crippen LogP contribution in [0.15, 0.2) is 18.2 Å². The SMILES string of the molecule is CC[C@H]1[C@@H]2Cc3ccc(O)cc3[C@@]1(C)CC[NH+]2C. The third-order valence-electron chi connectivity index (χ3n) is 5.56. The summed E-state index contributed by atoms with van der Waals surface area (Å²) in [6.45, 7) is 5.99. The molecular formula is C16H24NO+. The average molecular weight is 246 g/mol. The van der Waals surface area contributed by atoms with Gasteiger partial charge in [-0.1, -0.05) is 19.9 Å². The van der Waals surface area contributed by atoms with E-state index in [1.165, 1.54) is 36.9 Å². The molecule has 1 fully saturated rings. The van der Waals surface area contributed by atoms with Gasteiger partial charge in [-0.3, -0.25) is 0 Å². The lowest BCUT2D eigenvalue weighted by Crippen LogP contribution is -3.16. The normalized spacial score (nSPS) is 38.3. The molecule has 1 aromatic rings. The van der Waals surface area contributed by atoms with Crippen molar-refractivity contribution in [2.45, 2.75) is 44.6 Å². The zero-order valence-electron chi connectivity index (χ0n) is 11.7. The third kappa shape index (κ3) is 1.51. The molecule has 0 amide bonds.